The summed E-state index contributed by atoms with van der Waals surface area (Å²) >= 11 is 0. The van der Waals surface area contributed by atoms with E-state index in [1.165, 1.54) is 0 Å². The van der Waals surface area contributed by atoms with Crippen molar-refractivity contribution < 1.29 is 27.9 Å². The molecule has 128 valence electrons. The minimum absolute atomic E-state index is 0.0215. The first-order chi connectivity index (χ1) is 10.2. The molecule has 0 aliphatic carbocycles. The molecule has 0 aliphatic heterocycles. The second-order valence-corrected chi connectivity index (χ2v) is 6.75. The number of nitrogens with one attached hydrogen (secondary N) is 2. The molecule has 1 amide bonds. The van der Waals surface area contributed by atoms with Crippen LogP contribution in [0.2, 0.25) is 0 Å². The number of allylic oxidation sites excluding steroid dienone is 1. The van der Waals surface area contributed by atoms with Gasteiger partial charge < -0.3 is 15.2 Å². The van der Waals surface area contributed by atoms with E-state index in [1.807, 2.05) is 0 Å². The Morgan fingerprint density at radius 1 is 1.32 bits per heavy atom. The van der Waals surface area contributed by atoms with Crippen molar-refractivity contribution in [2.45, 2.75) is 39.3 Å². The van der Waals surface area contributed by atoms with Gasteiger partial charge in [-0.15, -0.1) is 0 Å². The largest absolute Gasteiger partial charge is 0.480 e. The molecule has 1 unspecified atom stereocenters. The summed E-state index contributed by atoms with van der Waals surface area (Å²) < 4.78 is 30.4. The van der Waals surface area contributed by atoms with E-state index in [2.05, 4.69) is 10.0 Å². The van der Waals surface area contributed by atoms with Crippen LogP contribution in [0.1, 0.15) is 27.2 Å². The standard InChI is InChI=1S/C13H24N2O6S/c1-4-5-6-11(13(17)18)15-12(16)9-14-22(19,20)8-7-21-10(2)3/h4-5,10-11,14H,6-9H2,1-3H3,(H,15,16)(H,17,18)/b5-4+. The zero-order chi connectivity index (χ0) is 17.2. The predicted octanol–water partition coefficient (Wildman–Crippen LogP) is -0.134. The lowest BCUT2D eigenvalue weighted by molar-refractivity contribution is -0.141. The van der Waals surface area contributed by atoms with Crippen molar-refractivity contribution in [3.63, 3.8) is 0 Å². The Morgan fingerprint density at radius 2 is 1.95 bits per heavy atom. The summed E-state index contributed by atoms with van der Waals surface area (Å²) in [4.78, 5) is 22.5. The van der Waals surface area contributed by atoms with E-state index in [-0.39, 0.29) is 24.9 Å². The molecule has 0 spiro atoms. The summed E-state index contributed by atoms with van der Waals surface area (Å²) in [5, 5.41) is 11.2. The van der Waals surface area contributed by atoms with E-state index < -0.39 is 34.5 Å². The van der Waals surface area contributed by atoms with Crippen molar-refractivity contribution in [2.75, 3.05) is 18.9 Å². The fourth-order valence-electron chi connectivity index (χ4n) is 1.38. The molecule has 0 fully saturated rings. The summed E-state index contributed by atoms with van der Waals surface area (Å²) in [6.07, 6.45) is 3.32. The maximum absolute atomic E-state index is 11.6. The number of hydrogen-bond donors (Lipinski definition) is 3. The number of carbonyl (C=O) groups excluding carboxylic acids is 1. The van der Waals surface area contributed by atoms with Crippen LogP contribution in [-0.4, -0.2) is 56.5 Å². The highest BCUT2D eigenvalue weighted by Gasteiger charge is 2.19. The van der Waals surface area contributed by atoms with Crippen molar-refractivity contribution in [3.05, 3.63) is 12.2 Å². The number of amides is 1. The quantitative estimate of drug-likeness (QED) is 0.452. The Balaban J connectivity index is 4.27. The Hall–Kier alpha value is -1.45. The second kappa shape index (κ2) is 10.3. The van der Waals surface area contributed by atoms with Crippen molar-refractivity contribution in [2.24, 2.45) is 0 Å². The van der Waals surface area contributed by atoms with Gasteiger partial charge in [-0.1, -0.05) is 12.2 Å². The number of ether oxygens (including phenoxy) is 1. The Bertz CT molecular complexity index is 487. The SMILES string of the molecule is C/C=C/CC(NC(=O)CNS(=O)(=O)CCOC(C)C)C(=O)O. The average Bonchev–Trinajstić information content (AvgIpc) is 2.40. The van der Waals surface area contributed by atoms with Gasteiger partial charge in [-0.2, -0.15) is 0 Å². The third-order valence-corrected chi connectivity index (χ3v) is 3.78. The van der Waals surface area contributed by atoms with E-state index >= 15 is 0 Å². The maximum atomic E-state index is 11.6. The van der Waals surface area contributed by atoms with Crippen molar-refractivity contribution in [1.29, 1.82) is 0 Å². The highest BCUT2D eigenvalue weighted by atomic mass is 32.2. The highest BCUT2D eigenvalue weighted by Crippen LogP contribution is 1.95. The molecule has 8 nitrogen and oxygen atoms in total. The van der Waals surface area contributed by atoms with Gasteiger partial charge in [0.2, 0.25) is 15.9 Å². The fourth-order valence-corrected chi connectivity index (χ4v) is 2.19. The van der Waals surface area contributed by atoms with Crippen LogP contribution in [0.4, 0.5) is 0 Å². The Morgan fingerprint density at radius 3 is 2.45 bits per heavy atom. The van der Waals surface area contributed by atoms with Gasteiger partial charge in [0.05, 0.1) is 25.0 Å². The lowest BCUT2D eigenvalue weighted by atomic mass is 10.2. The number of rotatable bonds is 11. The van der Waals surface area contributed by atoms with E-state index in [4.69, 9.17) is 9.84 Å². The smallest absolute Gasteiger partial charge is 0.326 e. The van der Waals surface area contributed by atoms with Gasteiger partial charge in [-0.25, -0.2) is 17.9 Å². The molecule has 0 saturated heterocycles. The van der Waals surface area contributed by atoms with Crippen LogP contribution >= 0.6 is 0 Å². The molecule has 0 heterocycles. The van der Waals surface area contributed by atoms with Gasteiger partial charge in [0, 0.05) is 0 Å². The number of carbonyl (C=O) groups is 2. The first-order valence-electron chi connectivity index (χ1n) is 6.90. The molecule has 0 aromatic heterocycles. The molecule has 1 atom stereocenters. The zero-order valence-electron chi connectivity index (χ0n) is 13.0. The molecule has 0 bridgehead atoms. The van der Waals surface area contributed by atoms with Crippen LogP contribution in [0.15, 0.2) is 12.2 Å². The van der Waals surface area contributed by atoms with Crippen molar-refractivity contribution >= 4 is 21.9 Å². The van der Waals surface area contributed by atoms with Crippen LogP contribution in [0.3, 0.4) is 0 Å². The molecule has 0 aromatic rings. The first kappa shape index (κ1) is 20.6. The normalized spacial score (nSPS) is 13.5. The first-order valence-corrected chi connectivity index (χ1v) is 8.55. The third-order valence-electron chi connectivity index (χ3n) is 2.50. The maximum Gasteiger partial charge on any atom is 0.326 e. The van der Waals surface area contributed by atoms with Crippen LogP contribution in [0.25, 0.3) is 0 Å². The molecule has 0 aromatic carbocycles. The van der Waals surface area contributed by atoms with Crippen LogP contribution in [0, 0.1) is 0 Å². The summed E-state index contributed by atoms with van der Waals surface area (Å²) in [5.41, 5.74) is 0. The molecular formula is C13H24N2O6S. The molecule has 0 saturated carbocycles. The Labute approximate surface area is 131 Å². The fraction of sp³-hybridized carbons (Fsp3) is 0.692. The summed E-state index contributed by atoms with van der Waals surface area (Å²) in [7, 11) is -3.64. The molecular weight excluding hydrogens is 312 g/mol. The third kappa shape index (κ3) is 10.3. The van der Waals surface area contributed by atoms with Gasteiger partial charge in [-0.3, -0.25) is 4.79 Å². The van der Waals surface area contributed by atoms with E-state index in [0.717, 1.165) is 0 Å². The highest BCUT2D eigenvalue weighted by molar-refractivity contribution is 7.89. The van der Waals surface area contributed by atoms with Gasteiger partial charge in [0.1, 0.15) is 6.04 Å². The lowest BCUT2D eigenvalue weighted by Gasteiger charge is -2.13. The van der Waals surface area contributed by atoms with Gasteiger partial charge >= 0.3 is 5.97 Å². The molecule has 22 heavy (non-hydrogen) atoms. The zero-order valence-corrected chi connectivity index (χ0v) is 13.9. The van der Waals surface area contributed by atoms with Crippen LogP contribution in [0.5, 0.6) is 0 Å². The molecule has 0 aliphatic rings. The van der Waals surface area contributed by atoms with Gasteiger partial charge in [0.25, 0.3) is 0 Å². The van der Waals surface area contributed by atoms with Gasteiger partial charge in [0.15, 0.2) is 0 Å². The second-order valence-electron chi connectivity index (χ2n) is 4.82. The summed E-state index contributed by atoms with van der Waals surface area (Å²) in [6.45, 7) is 4.81. The Kier molecular flexibility index (Phi) is 9.63. The molecule has 0 radical (unpaired) electrons. The van der Waals surface area contributed by atoms with E-state index in [0.29, 0.717) is 0 Å². The number of hydrogen-bond acceptors (Lipinski definition) is 5. The number of aliphatic carboxylic acids is 1. The lowest BCUT2D eigenvalue weighted by Crippen LogP contribution is -2.45. The van der Waals surface area contributed by atoms with E-state index in [9.17, 15) is 18.0 Å². The summed E-state index contributed by atoms with van der Waals surface area (Å²) in [6, 6.07) is -1.09. The topological polar surface area (TPSA) is 122 Å². The number of carboxylic acids is 1. The number of sulfonamides is 1. The average molecular weight is 336 g/mol. The minimum atomic E-state index is -3.64. The monoisotopic (exact) mass is 336 g/mol. The van der Waals surface area contributed by atoms with Crippen LogP contribution < -0.4 is 10.0 Å². The molecule has 9 heteroatoms. The van der Waals surface area contributed by atoms with E-state index in [1.54, 1.807) is 32.9 Å². The summed E-state index contributed by atoms with van der Waals surface area (Å²) in [5.74, 6) is -2.15. The number of carboxylic acid groups (broad SMARTS) is 1. The van der Waals surface area contributed by atoms with Gasteiger partial charge in [-0.05, 0) is 27.2 Å². The van der Waals surface area contributed by atoms with Crippen molar-refractivity contribution in [1.82, 2.24) is 10.0 Å². The predicted molar refractivity (Wildman–Crippen MR) is 81.9 cm³/mol. The minimum Gasteiger partial charge on any atom is -0.480 e. The van der Waals surface area contributed by atoms with Crippen molar-refractivity contribution in [3.8, 4) is 0 Å². The molecule has 3 N–H and O–H groups in total. The molecule has 0 rings (SSSR count). The van der Waals surface area contributed by atoms with Crippen LogP contribution in [-0.2, 0) is 24.3 Å².